The third-order valence-electron chi connectivity index (χ3n) is 1.88. The number of halogens is 1. The topological polar surface area (TPSA) is 37.0 Å². The van der Waals surface area contributed by atoms with Crippen molar-refractivity contribution in [2.24, 2.45) is 0 Å². The molecule has 0 bridgehead atoms. The summed E-state index contributed by atoms with van der Waals surface area (Å²) in [7, 11) is 0. The smallest absolute Gasteiger partial charge is 0.140 e. The average molecular weight is 228 g/mol. The summed E-state index contributed by atoms with van der Waals surface area (Å²) in [5.74, 6) is 0.934. The Morgan fingerprint density at radius 2 is 2.42 bits per heavy atom. The Morgan fingerprint density at radius 1 is 1.58 bits per heavy atom. The van der Waals surface area contributed by atoms with Crippen molar-refractivity contribution < 1.29 is 0 Å². The van der Waals surface area contributed by atoms with Crippen LogP contribution in [0.3, 0.4) is 0 Å². The second-order valence-electron chi connectivity index (χ2n) is 2.83. The molecule has 3 nitrogen and oxygen atoms in total. The maximum absolute atomic E-state index is 4.21. The van der Waals surface area contributed by atoms with E-state index < -0.39 is 0 Å². The van der Waals surface area contributed by atoms with E-state index in [1.165, 1.54) is 0 Å². The lowest BCUT2D eigenvalue weighted by Gasteiger charge is -2.28. The van der Waals surface area contributed by atoms with Crippen LogP contribution in [0.1, 0.15) is 0 Å². The first-order chi connectivity index (χ1) is 5.86. The molecule has 2 rings (SSSR count). The van der Waals surface area contributed by atoms with Gasteiger partial charge in [-0.3, -0.25) is 0 Å². The molecule has 1 saturated heterocycles. The van der Waals surface area contributed by atoms with Crippen LogP contribution in [0.2, 0.25) is 0 Å². The first-order valence-corrected chi connectivity index (χ1v) is 4.73. The maximum atomic E-state index is 4.21. The Bertz CT molecular complexity index is 273. The number of anilines is 1. The SMILES string of the molecule is Brc1cccnc1NC1CNC1. The molecule has 0 amide bonds. The molecule has 2 N–H and O–H groups in total. The van der Waals surface area contributed by atoms with Gasteiger partial charge >= 0.3 is 0 Å². The fourth-order valence-electron chi connectivity index (χ4n) is 1.08. The molecule has 4 heteroatoms. The summed E-state index contributed by atoms with van der Waals surface area (Å²) < 4.78 is 1.02. The highest BCUT2D eigenvalue weighted by molar-refractivity contribution is 9.10. The fourth-order valence-corrected chi connectivity index (χ4v) is 1.45. The molecule has 1 aromatic rings. The van der Waals surface area contributed by atoms with E-state index in [1.807, 2.05) is 12.1 Å². The van der Waals surface area contributed by atoms with Crippen LogP contribution >= 0.6 is 15.9 Å². The Hall–Kier alpha value is -0.610. The summed E-state index contributed by atoms with van der Waals surface area (Å²) in [5, 5.41) is 6.52. The van der Waals surface area contributed by atoms with Gasteiger partial charge in [-0.05, 0) is 28.1 Å². The maximum Gasteiger partial charge on any atom is 0.140 e. The lowest BCUT2D eigenvalue weighted by atomic mass is 10.2. The van der Waals surface area contributed by atoms with Gasteiger partial charge in [-0.2, -0.15) is 0 Å². The molecule has 0 atom stereocenters. The quantitative estimate of drug-likeness (QED) is 0.799. The van der Waals surface area contributed by atoms with Crippen molar-refractivity contribution >= 4 is 21.7 Å². The molecule has 0 spiro atoms. The van der Waals surface area contributed by atoms with Gasteiger partial charge in [0, 0.05) is 19.3 Å². The van der Waals surface area contributed by atoms with E-state index in [-0.39, 0.29) is 0 Å². The van der Waals surface area contributed by atoms with Crippen molar-refractivity contribution in [3.63, 3.8) is 0 Å². The first kappa shape index (κ1) is 8.01. The number of hydrogen-bond acceptors (Lipinski definition) is 3. The van der Waals surface area contributed by atoms with Crippen molar-refractivity contribution in [1.82, 2.24) is 10.3 Å². The molecular weight excluding hydrogens is 218 g/mol. The second-order valence-corrected chi connectivity index (χ2v) is 3.69. The molecular formula is C8H10BrN3. The van der Waals surface area contributed by atoms with Crippen molar-refractivity contribution in [2.45, 2.75) is 6.04 Å². The van der Waals surface area contributed by atoms with E-state index in [0.29, 0.717) is 6.04 Å². The third-order valence-corrected chi connectivity index (χ3v) is 2.52. The molecule has 1 aliphatic rings. The zero-order chi connectivity index (χ0) is 8.39. The molecule has 0 aliphatic carbocycles. The van der Waals surface area contributed by atoms with Gasteiger partial charge in [0.1, 0.15) is 5.82 Å². The van der Waals surface area contributed by atoms with Crippen molar-refractivity contribution in [3.05, 3.63) is 22.8 Å². The molecule has 0 unspecified atom stereocenters. The summed E-state index contributed by atoms with van der Waals surface area (Å²) in [5.41, 5.74) is 0. The summed E-state index contributed by atoms with van der Waals surface area (Å²) in [6, 6.07) is 4.44. The molecule has 1 aliphatic heterocycles. The minimum Gasteiger partial charge on any atom is -0.364 e. The minimum atomic E-state index is 0.538. The zero-order valence-corrected chi connectivity index (χ0v) is 8.13. The van der Waals surface area contributed by atoms with Crippen LogP contribution in [-0.2, 0) is 0 Å². The van der Waals surface area contributed by atoms with Gasteiger partial charge in [0.15, 0.2) is 0 Å². The van der Waals surface area contributed by atoms with Gasteiger partial charge in [0.2, 0.25) is 0 Å². The Balaban J connectivity index is 2.06. The summed E-state index contributed by atoms with van der Waals surface area (Å²) in [4.78, 5) is 4.21. The van der Waals surface area contributed by atoms with Gasteiger partial charge < -0.3 is 10.6 Å². The van der Waals surface area contributed by atoms with Crippen LogP contribution in [-0.4, -0.2) is 24.1 Å². The van der Waals surface area contributed by atoms with Gasteiger partial charge in [-0.15, -0.1) is 0 Å². The minimum absolute atomic E-state index is 0.538. The number of nitrogens with one attached hydrogen (secondary N) is 2. The van der Waals surface area contributed by atoms with Crippen LogP contribution in [0, 0.1) is 0 Å². The molecule has 12 heavy (non-hydrogen) atoms. The lowest BCUT2D eigenvalue weighted by molar-refractivity contribution is 0.471. The highest BCUT2D eigenvalue weighted by atomic mass is 79.9. The van der Waals surface area contributed by atoms with Crippen molar-refractivity contribution in [2.75, 3.05) is 18.4 Å². The predicted octanol–water partition coefficient (Wildman–Crippen LogP) is 1.23. The van der Waals surface area contributed by atoms with Gasteiger partial charge in [-0.25, -0.2) is 4.98 Å². The Kier molecular flexibility index (Phi) is 2.28. The Labute approximate surface area is 79.7 Å². The van der Waals surface area contributed by atoms with Crippen molar-refractivity contribution in [3.8, 4) is 0 Å². The van der Waals surface area contributed by atoms with E-state index in [0.717, 1.165) is 23.4 Å². The highest BCUT2D eigenvalue weighted by Gasteiger charge is 2.16. The van der Waals surface area contributed by atoms with E-state index in [4.69, 9.17) is 0 Å². The largest absolute Gasteiger partial charge is 0.364 e. The van der Waals surface area contributed by atoms with Gasteiger partial charge in [-0.1, -0.05) is 0 Å². The fraction of sp³-hybridized carbons (Fsp3) is 0.375. The molecule has 1 aromatic heterocycles. The first-order valence-electron chi connectivity index (χ1n) is 3.94. The van der Waals surface area contributed by atoms with Gasteiger partial charge in [0.05, 0.1) is 10.5 Å². The normalized spacial score (nSPS) is 17.1. The zero-order valence-electron chi connectivity index (χ0n) is 6.55. The second kappa shape index (κ2) is 3.41. The summed E-state index contributed by atoms with van der Waals surface area (Å²) in [6.45, 7) is 2.06. The monoisotopic (exact) mass is 227 g/mol. The van der Waals surface area contributed by atoms with Crippen LogP contribution in [0.5, 0.6) is 0 Å². The van der Waals surface area contributed by atoms with E-state index in [1.54, 1.807) is 6.20 Å². The van der Waals surface area contributed by atoms with Crippen LogP contribution < -0.4 is 10.6 Å². The number of hydrogen-bond donors (Lipinski definition) is 2. The lowest BCUT2D eigenvalue weighted by Crippen LogP contribution is -2.51. The molecule has 0 radical (unpaired) electrons. The molecule has 64 valence electrons. The standard InChI is InChI=1S/C8H10BrN3/c9-7-2-1-3-11-8(7)12-6-4-10-5-6/h1-3,6,10H,4-5H2,(H,11,12). The van der Waals surface area contributed by atoms with Crippen LogP contribution in [0.4, 0.5) is 5.82 Å². The molecule has 1 fully saturated rings. The van der Waals surface area contributed by atoms with Crippen LogP contribution in [0.25, 0.3) is 0 Å². The third kappa shape index (κ3) is 1.59. The molecule has 0 saturated carbocycles. The number of nitrogens with zero attached hydrogens (tertiary/aromatic N) is 1. The van der Waals surface area contributed by atoms with E-state index in [9.17, 15) is 0 Å². The molecule has 0 aromatic carbocycles. The summed E-state index contributed by atoms with van der Waals surface area (Å²) >= 11 is 3.43. The number of aromatic nitrogens is 1. The Morgan fingerprint density at radius 3 is 3.00 bits per heavy atom. The van der Waals surface area contributed by atoms with E-state index in [2.05, 4.69) is 31.5 Å². The van der Waals surface area contributed by atoms with Gasteiger partial charge in [0.25, 0.3) is 0 Å². The van der Waals surface area contributed by atoms with Crippen LogP contribution in [0.15, 0.2) is 22.8 Å². The number of rotatable bonds is 2. The van der Waals surface area contributed by atoms with Crippen molar-refractivity contribution in [1.29, 1.82) is 0 Å². The molecule has 2 heterocycles. The van der Waals surface area contributed by atoms with E-state index >= 15 is 0 Å². The average Bonchev–Trinajstić information content (AvgIpc) is 2.00. The predicted molar refractivity (Wildman–Crippen MR) is 52.2 cm³/mol. The number of pyridine rings is 1. The summed E-state index contributed by atoms with van der Waals surface area (Å²) in [6.07, 6.45) is 1.79. The highest BCUT2D eigenvalue weighted by Crippen LogP contribution is 2.19.